The molecule has 7 heteroatoms. The Kier molecular flexibility index (Phi) is 3.30. The lowest BCUT2D eigenvalue weighted by Crippen LogP contribution is -2.17. The first-order valence-electron chi connectivity index (χ1n) is 5.59. The maximum atomic E-state index is 11.2. The Morgan fingerprint density at radius 3 is 2.89 bits per heavy atom. The van der Waals surface area contributed by atoms with E-state index in [0.29, 0.717) is 45.7 Å². The highest BCUT2D eigenvalue weighted by molar-refractivity contribution is 14.1. The Morgan fingerprint density at radius 2 is 2.32 bits per heavy atom. The molecule has 0 aromatic carbocycles. The Labute approximate surface area is 135 Å². The fourth-order valence-electron chi connectivity index (χ4n) is 2.06. The predicted molar refractivity (Wildman–Crippen MR) is 82.4 cm³/mol. The molecule has 4 nitrogen and oxygen atoms in total. The fraction of sp³-hybridized carbons (Fsp3) is 0.333. The predicted octanol–water partition coefficient (Wildman–Crippen LogP) is 4.26. The Balaban J connectivity index is 2.08. The van der Waals surface area contributed by atoms with E-state index in [1.807, 2.05) is 0 Å². The second kappa shape index (κ2) is 4.60. The molecule has 2 aromatic rings. The number of carbonyl (C=O) groups is 1. The van der Waals surface area contributed by atoms with Crippen LogP contribution in [0.3, 0.4) is 0 Å². The summed E-state index contributed by atoms with van der Waals surface area (Å²) >= 11 is 11.5. The molecule has 1 aliphatic carbocycles. The van der Waals surface area contributed by atoms with Gasteiger partial charge in [0.2, 0.25) is 0 Å². The molecule has 0 radical (unpaired) electrons. The number of hydrogen-bond donors (Lipinski definition) is 1. The van der Waals surface area contributed by atoms with Gasteiger partial charge in [0.15, 0.2) is 5.58 Å². The Morgan fingerprint density at radius 1 is 1.63 bits per heavy atom. The van der Waals surface area contributed by atoms with Gasteiger partial charge in [-0.05, 0) is 57.4 Å². The van der Waals surface area contributed by atoms with Crippen LogP contribution >= 0.6 is 50.1 Å². The van der Waals surface area contributed by atoms with E-state index in [1.54, 1.807) is 6.07 Å². The largest absolute Gasteiger partial charge is 0.481 e. The third-order valence-corrected chi connectivity index (χ3v) is 5.19. The molecule has 1 N–H and O–H groups in total. The number of fused-ring (bicyclic) bond motifs is 1. The summed E-state index contributed by atoms with van der Waals surface area (Å²) in [5, 5.41) is 9.63. The molecule has 1 saturated carbocycles. The molecule has 2 heterocycles. The van der Waals surface area contributed by atoms with Crippen molar-refractivity contribution >= 4 is 67.2 Å². The summed E-state index contributed by atoms with van der Waals surface area (Å²) in [6.07, 6.45) is 1.77. The minimum atomic E-state index is -0.763. The lowest BCUT2D eigenvalue weighted by molar-refractivity contribution is -0.143. The fourth-order valence-corrected chi connectivity index (χ4v) is 3.59. The summed E-state index contributed by atoms with van der Waals surface area (Å²) in [6, 6.07) is 1.72. The summed E-state index contributed by atoms with van der Waals surface area (Å²) in [7, 11) is 0. The summed E-state index contributed by atoms with van der Waals surface area (Å²) in [6.45, 7) is 0. The first kappa shape index (κ1) is 13.6. The number of hydrogen-bond acceptors (Lipinski definition) is 3. The van der Waals surface area contributed by atoms with E-state index >= 15 is 0 Å². The summed E-state index contributed by atoms with van der Waals surface area (Å²) < 4.78 is 7.34. The molecular weight excluding hydrogens is 448 g/mol. The van der Waals surface area contributed by atoms with E-state index in [1.165, 1.54) is 0 Å². The van der Waals surface area contributed by atoms with E-state index in [-0.39, 0.29) is 0 Å². The number of carboxylic acid groups (broad SMARTS) is 1. The average molecular weight is 456 g/mol. The maximum Gasteiger partial charge on any atom is 0.310 e. The number of aliphatic carboxylic acids is 1. The van der Waals surface area contributed by atoms with Gasteiger partial charge in [-0.15, -0.1) is 0 Å². The van der Waals surface area contributed by atoms with Gasteiger partial charge in [-0.3, -0.25) is 4.79 Å². The van der Waals surface area contributed by atoms with Crippen LogP contribution in [0.1, 0.15) is 18.6 Å². The van der Waals surface area contributed by atoms with Gasteiger partial charge in [0.05, 0.1) is 13.5 Å². The molecule has 1 aliphatic rings. The van der Waals surface area contributed by atoms with Crippen molar-refractivity contribution in [2.75, 3.05) is 0 Å². The molecule has 0 aliphatic heterocycles. The molecule has 2 aromatic heterocycles. The van der Waals surface area contributed by atoms with E-state index in [9.17, 15) is 9.90 Å². The van der Waals surface area contributed by atoms with Crippen molar-refractivity contribution in [3.8, 4) is 0 Å². The van der Waals surface area contributed by atoms with Crippen LogP contribution in [0.25, 0.3) is 11.1 Å². The highest BCUT2D eigenvalue weighted by atomic mass is 127. The molecule has 0 atom stereocenters. The first-order valence-corrected chi connectivity index (χ1v) is 7.84. The van der Waals surface area contributed by atoms with Crippen LogP contribution in [0.5, 0.6) is 0 Å². The zero-order valence-corrected chi connectivity index (χ0v) is 14.0. The molecule has 100 valence electrons. The van der Waals surface area contributed by atoms with Crippen molar-refractivity contribution in [1.29, 1.82) is 0 Å². The molecule has 3 rings (SSSR count). The smallest absolute Gasteiger partial charge is 0.310 e. The monoisotopic (exact) mass is 455 g/mol. The van der Waals surface area contributed by atoms with Gasteiger partial charge in [-0.1, -0.05) is 11.6 Å². The number of pyridine rings is 1. The van der Waals surface area contributed by atoms with Crippen LogP contribution in [0.2, 0.25) is 5.15 Å². The second-order valence-corrected chi connectivity index (χ2v) is 7.05. The average Bonchev–Trinajstić information content (AvgIpc) is 3.04. The zero-order chi connectivity index (χ0) is 13.8. The number of carboxylic acids is 1. The molecule has 19 heavy (non-hydrogen) atoms. The van der Waals surface area contributed by atoms with Crippen molar-refractivity contribution in [1.82, 2.24) is 4.98 Å². The van der Waals surface area contributed by atoms with Crippen molar-refractivity contribution in [2.45, 2.75) is 19.3 Å². The highest BCUT2D eigenvalue weighted by Gasteiger charge is 2.51. The third kappa shape index (κ3) is 2.27. The Hall–Kier alpha value is -0.340. The number of aromatic nitrogens is 1. The normalized spacial score (nSPS) is 16.8. The maximum absolute atomic E-state index is 11.2. The van der Waals surface area contributed by atoms with Crippen molar-refractivity contribution < 1.29 is 14.3 Å². The molecule has 0 bridgehead atoms. The first-order chi connectivity index (χ1) is 8.93. The van der Waals surface area contributed by atoms with E-state index in [0.717, 1.165) is 3.57 Å². The topological polar surface area (TPSA) is 63.3 Å². The second-order valence-electron chi connectivity index (χ2n) is 4.71. The van der Waals surface area contributed by atoms with Crippen LogP contribution in [-0.4, -0.2) is 16.1 Å². The zero-order valence-electron chi connectivity index (χ0n) is 9.54. The summed E-state index contributed by atoms with van der Waals surface area (Å²) in [5.41, 5.74) is 0.632. The lowest BCUT2D eigenvalue weighted by Gasteiger charge is -2.06. The minimum absolute atomic E-state index is 0.382. The van der Waals surface area contributed by atoms with Gasteiger partial charge in [0, 0.05) is 6.42 Å². The van der Waals surface area contributed by atoms with E-state index in [4.69, 9.17) is 16.0 Å². The van der Waals surface area contributed by atoms with Gasteiger partial charge < -0.3 is 9.52 Å². The quantitative estimate of drug-likeness (QED) is 0.554. The summed E-state index contributed by atoms with van der Waals surface area (Å²) in [4.78, 5) is 15.5. The van der Waals surface area contributed by atoms with Crippen molar-refractivity contribution in [2.24, 2.45) is 5.41 Å². The van der Waals surface area contributed by atoms with Crippen LogP contribution in [0.4, 0.5) is 0 Å². The number of rotatable bonds is 3. The lowest BCUT2D eigenvalue weighted by atomic mass is 10.0. The Bertz CT molecular complexity index is 696. The number of halogens is 3. The minimum Gasteiger partial charge on any atom is -0.481 e. The SMILES string of the molecule is O=C(O)C1(Cc2oc3c(I)cc(Cl)nc3c2Br)CC1. The number of furan rings is 1. The van der Waals surface area contributed by atoms with Gasteiger partial charge in [-0.2, -0.15) is 0 Å². The van der Waals surface area contributed by atoms with Crippen molar-refractivity contribution in [3.63, 3.8) is 0 Å². The highest BCUT2D eigenvalue weighted by Crippen LogP contribution is 2.50. The van der Waals surface area contributed by atoms with Gasteiger partial charge in [0.1, 0.15) is 16.4 Å². The molecule has 1 fully saturated rings. The molecule has 0 spiro atoms. The third-order valence-electron chi connectivity index (χ3n) is 3.38. The van der Waals surface area contributed by atoms with E-state index < -0.39 is 11.4 Å². The molecular formula is C12H8BrClINO3. The van der Waals surface area contributed by atoms with Gasteiger partial charge in [-0.25, -0.2) is 4.98 Å². The summed E-state index contributed by atoms with van der Waals surface area (Å²) in [5.74, 6) is -0.136. The van der Waals surface area contributed by atoms with Crippen LogP contribution in [-0.2, 0) is 11.2 Å². The standard InChI is InChI=1S/C12H8BrClINO3/c13-8-6(4-12(1-2-12)11(17)18)19-10-5(15)3-7(14)16-9(8)10/h3H,1-2,4H2,(H,17,18). The molecule has 0 amide bonds. The van der Waals surface area contributed by atoms with E-state index in [2.05, 4.69) is 43.5 Å². The van der Waals surface area contributed by atoms with Gasteiger partial charge in [0.25, 0.3) is 0 Å². The molecule has 0 saturated heterocycles. The van der Waals surface area contributed by atoms with Crippen LogP contribution in [0, 0.1) is 8.99 Å². The van der Waals surface area contributed by atoms with Crippen LogP contribution < -0.4 is 0 Å². The van der Waals surface area contributed by atoms with Crippen molar-refractivity contribution in [3.05, 3.63) is 25.0 Å². The van der Waals surface area contributed by atoms with Gasteiger partial charge >= 0.3 is 5.97 Å². The molecule has 0 unspecified atom stereocenters. The number of nitrogens with zero attached hydrogens (tertiary/aromatic N) is 1. The van der Waals surface area contributed by atoms with Crippen LogP contribution in [0.15, 0.2) is 15.0 Å².